The van der Waals surface area contributed by atoms with Crippen molar-refractivity contribution in [3.8, 4) is 0 Å². The van der Waals surface area contributed by atoms with Crippen molar-refractivity contribution in [2.75, 3.05) is 6.54 Å². The molecule has 0 saturated heterocycles. The largest absolute Gasteiger partial charge is 0.330 e. The molecule has 0 spiro atoms. The molecule has 2 N–H and O–H groups in total. The van der Waals surface area contributed by atoms with Crippen LogP contribution in [-0.4, -0.2) is 21.3 Å². The fraction of sp³-hybridized carbons (Fsp3) is 0.429. The van der Waals surface area contributed by atoms with Crippen molar-refractivity contribution in [2.24, 2.45) is 12.8 Å². The minimum Gasteiger partial charge on any atom is -0.330 e. The van der Waals surface area contributed by atoms with Crippen LogP contribution in [-0.2, 0) is 19.2 Å². The van der Waals surface area contributed by atoms with E-state index in [-0.39, 0.29) is 12.4 Å². The summed E-state index contributed by atoms with van der Waals surface area (Å²) in [6.45, 7) is 4.86. The average Bonchev–Trinajstić information content (AvgIpc) is 2.68. The second-order valence-corrected chi connectivity index (χ2v) is 5.72. The number of hydrogen-bond donors (Lipinski definition) is 1. The first-order valence-corrected chi connectivity index (χ1v) is 7.37. The summed E-state index contributed by atoms with van der Waals surface area (Å²) < 4.78 is 2.03. The molecular weight excluding hydrogens is 292 g/mol. The Labute approximate surface area is 130 Å². The number of aromatic nitrogens is 3. The van der Waals surface area contributed by atoms with Crippen molar-refractivity contribution in [2.45, 2.75) is 31.2 Å². The van der Waals surface area contributed by atoms with E-state index in [0.29, 0.717) is 6.54 Å². The van der Waals surface area contributed by atoms with Crippen LogP contribution in [0.5, 0.6) is 0 Å². The summed E-state index contributed by atoms with van der Waals surface area (Å²) in [6, 6.07) is 6.63. The topological polar surface area (TPSA) is 56.7 Å². The summed E-state index contributed by atoms with van der Waals surface area (Å²) in [5, 5.41) is 9.33. The summed E-state index contributed by atoms with van der Waals surface area (Å²) >= 11 is 1.71. The predicted molar refractivity (Wildman–Crippen MR) is 86.5 cm³/mol. The van der Waals surface area contributed by atoms with E-state index in [1.165, 1.54) is 16.7 Å². The van der Waals surface area contributed by atoms with E-state index in [1.807, 2.05) is 11.6 Å². The smallest absolute Gasteiger partial charge is 0.191 e. The maximum absolute atomic E-state index is 5.55. The van der Waals surface area contributed by atoms with Crippen LogP contribution in [0, 0.1) is 13.8 Å². The van der Waals surface area contributed by atoms with Crippen LogP contribution >= 0.6 is 24.2 Å². The Morgan fingerprint density at radius 2 is 1.80 bits per heavy atom. The molecule has 0 amide bonds. The maximum atomic E-state index is 5.55. The highest BCUT2D eigenvalue weighted by atomic mass is 35.5. The van der Waals surface area contributed by atoms with Crippen LogP contribution in [0.1, 0.15) is 22.5 Å². The van der Waals surface area contributed by atoms with E-state index in [1.54, 1.807) is 11.8 Å². The van der Waals surface area contributed by atoms with Gasteiger partial charge in [0.1, 0.15) is 5.82 Å². The van der Waals surface area contributed by atoms with Crippen molar-refractivity contribution in [3.05, 3.63) is 40.7 Å². The van der Waals surface area contributed by atoms with E-state index >= 15 is 0 Å². The van der Waals surface area contributed by atoms with Gasteiger partial charge in [-0.1, -0.05) is 41.1 Å². The molecule has 1 heterocycles. The predicted octanol–water partition coefficient (Wildman–Crippen LogP) is 2.65. The molecule has 0 fully saturated rings. The Balaban J connectivity index is 0.00000200. The fourth-order valence-corrected chi connectivity index (χ4v) is 2.98. The van der Waals surface area contributed by atoms with Gasteiger partial charge in [0.2, 0.25) is 0 Å². The number of hydrogen-bond acceptors (Lipinski definition) is 4. The van der Waals surface area contributed by atoms with Crippen LogP contribution < -0.4 is 5.73 Å². The van der Waals surface area contributed by atoms with Crippen molar-refractivity contribution >= 4 is 24.2 Å². The molecule has 0 aliphatic heterocycles. The second kappa shape index (κ2) is 7.67. The molecule has 110 valence electrons. The Bertz CT molecular complexity index is 548. The highest BCUT2D eigenvalue weighted by molar-refractivity contribution is 7.98. The molecule has 1 aromatic heterocycles. The van der Waals surface area contributed by atoms with Crippen LogP contribution in [0.25, 0.3) is 0 Å². The molecule has 0 unspecified atom stereocenters. The molecular formula is C14H21ClN4S. The van der Waals surface area contributed by atoms with E-state index in [9.17, 15) is 0 Å². The molecule has 2 aromatic rings. The highest BCUT2D eigenvalue weighted by Gasteiger charge is 2.08. The molecule has 1 aromatic carbocycles. The van der Waals surface area contributed by atoms with Gasteiger partial charge in [-0.15, -0.1) is 22.6 Å². The van der Waals surface area contributed by atoms with Crippen molar-refractivity contribution in [1.29, 1.82) is 0 Å². The minimum atomic E-state index is 0. The molecule has 0 aliphatic carbocycles. The summed E-state index contributed by atoms with van der Waals surface area (Å²) in [5.74, 6) is 1.86. The number of thioether (sulfide) groups is 1. The SMILES string of the molecule is Cc1cc(C)cc(CSc2nnc(CCN)n2C)c1.Cl. The first-order chi connectivity index (χ1) is 9.10. The molecule has 2 rings (SSSR count). The van der Waals surface area contributed by atoms with Gasteiger partial charge in [0.25, 0.3) is 0 Å². The lowest BCUT2D eigenvalue weighted by molar-refractivity contribution is 0.727. The first kappa shape index (κ1) is 17.0. The van der Waals surface area contributed by atoms with Gasteiger partial charge < -0.3 is 10.3 Å². The lowest BCUT2D eigenvalue weighted by Gasteiger charge is -2.05. The Morgan fingerprint density at radius 3 is 2.40 bits per heavy atom. The average molecular weight is 313 g/mol. The van der Waals surface area contributed by atoms with Crippen molar-refractivity contribution < 1.29 is 0 Å². The highest BCUT2D eigenvalue weighted by Crippen LogP contribution is 2.22. The Kier molecular flexibility index (Phi) is 6.52. The van der Waals surface area contributed by atoms with Gasteiger partial charge in [-0.25, -0.2) is 0 Å². The number of rotatable bonds is 5. The third-order valence-corrected chi connectivity index (χ3v) is 4.03. The number of aryl methyl sites for hydroxylation is 2. The first-order valence-electron chi connectivity index (χ1n) is 6.38. The van der Waals surface area contributed by atoms with Crippen LogP contribution in [0.4, 0.5) is 0 Å². The van der Waals surface area contributed by atoms with Gasteiger partial charge >= 0.3 is 0 Å². The number of nitrogens with two attached hydrogens (primary N) is 1. The molecule has 6 heteroatoms. The van der Waals surface area contributed by atoms with E-state index < -0.39 is 0 Å². The zero-order chi connectivity index (χ0) is 13.8. The van der Waals surface area contributed by atoms with Crippen LogP contribution in [0.3, 0.4) is 0 Å². The molecule has 0 aliphatic rings. The Morgan fingerprint density at radius 1 is 1.15 bits per heavy atom. The fourth-order valence-electron chi connectivity index (χ4n) is 2.12. The van der Waals surface area contributed by atoms with Crippen molar-refractivity contribution in [1.82, 2.24) is 14.8 Å². The number of benzene rings is 1. The van der Waals surface area contributed by atoms with Crippen LogP contribution in [0.2, 0.25) is 0 Å². The zero-order valence-electron chi connectivity index (χ0n) is 12.1. The Hall–Kier alpha value is -1.04. The van der Waals surface area contributed by atoms with Gasteiger partial charge in [-0.3, -0.25) is 0 Å². The number of halogens is 1. The summed E-state index contributed by atoms with van der Waals surface area (Å²) in [5.41, 5.74) is 9.48. The van der Waals surface area contributed by atoms with Gasteiger partial charge in [-0.2, -0.15) is 0 Å². The summed E-state index contributed by atoms with van der Waals surface area (Å²) in [7, 11) is 1.99. The normalized spacial score (nSPS) is 10.4. The molecule has 0 radical (unpaired) electrons. The molecule has 0 saturated carbocycles. The molecule has 4 nitrogen and oxygen atoms in total. The minimum absolute atomic E-state index is 0. The third kappa shape index (κ3) is 4.23. The second-order valence-electron chi connectivity index (χ2n) is 4.78. The van der Waals surface area contributed by atoms with Gasteiger partial charge in [0.05, 0.1) is 0 Å². The van der Waals surface area contributed by atoms with Gasteiger partial charge in [0, 0.05) is 19.2 Å². The standard InChI is InChI=1S/C14H20N4S.ClH/c1-10-6-11(2)8-12(7-10)9-19-14-17-16-13(4-5-15)18(14)3;/h6-8H,4-5,9,15H2,1-3H3;1H. The third-order valence-electron chi connectivity index (χ3n) is 2.94. The summed E-state index contributed by atoms with van der Waals surface area (Å²) in [4.78, 5) is 0. The van der Waals surface area contributed by atoms with E-state index in [2.05, 4.69) is 42.2 Å². The zero-order valence-corrected chi connectivity index (χ0v) is 13.7. The van der Waals surface area contributed by atoms with E-state index in [0.717, 1.165) is 23.2 Å². The lowest BCUT2D eigenvalue weighted by atomic mass is 10.1. The van der Waals surface area contributed by atoms with Gasteiger partial charge in [0.15, 0.2) is 5.16 Å². The molecule has 20 heavy (non-hydrogen) atoms. The van der Waals surface area contributed by atoms with Crippen LogP contribution in [0.15, 0.2) is 23.4 Å². The maximum Gasteiger partial charge on any atom is 0.191 e. The van der Waals surface area contributed by atoms with Gasteiger partial charge in [-0.05, 0) is 26.0 Å². The quantitative estimate of drug-likeness (QED) is 0.862. The molecule has 0 atom stereocenters. The molecule has 0 bridgehead atoms. The summed E-state index contributed by atoms with van der Waals surface area (Å²) in [6.07, 6.45) is 0.771. The number of nitrogens with zero attached hydrogens (tertiary/aromatic N) is 3. The van der Waals surface area contributed by atoms with E-state index in [4.69, 9.17) is 5.73 Å². The monoisotopic (exact) mass is 312 g/mol. The lowest BCUT2D eigenvalue weighted by Crippen LogP contribution is -2.08. The van der Waals surface area contributed by atoms with Crippen molar-refractivity contribution in [3.63, 3.8) is 0 Å².